The second-order valence-electron chi connectivity index (χ2n) is 10.9. The molecule has 0 radical (unpaired) electrons. The minimum atomic E-state index is -5.77. The van der Waals surface area contributed by atoms with Gasteiger partial charge in [0.2, 0.25) is 0 Å². The van der Waals surface area contributed by atoms with Crippen molar-refractivity contribution in [3.05, 3.63) is 29.8 Å². The zero-order chi connectivity index (χ0) is 26.3. The molecule has 12 heteroatoms. The molecule has 1 aliphatic rings. The van der Waals surface area contributed by atoms with Crippen LogP contribution >= 0.6 is 0 Å². The van der Waals surface area contributed by atoms with Crippen LogP contribution in [-0.2, 0) is 19.3 Å². The van der Waals surface area contributed by atoms with E-state index in [9.17, 15) is 26.4 Å². The summed E-state index contributed by atoms with van der Waals surface area (Å²) >= 11 is 0. The highest BCUT2D eigenvalue weighted by Gasteiger charge is 2.49. The first-order chi connectivity index (χ1) is 15.1. The van der Waals surface area contributed by atoms with Crippen LogP contribution in [0.4, 0.5) is 18.0 Å². The summed E-state index contributed by atoms with van der Waals surface area (Å²) in [7, 11) is -7.91. The summed E-state index contributed by atoms with van der Waals surface area (Å²) in [6.45, 7) is 16.1. The number of benzene rings is 1. The minimum Gasteiger partial charge on any atom is -0.444 e. The number of halogens is 3. The number of carbonyl (C=O) groups is 1. The van der Waals surface area contributed by atoms with Crippen LogP contribution < -0.4 is 4.18 Å². The van der Waals surface area contributed by atoms with Crippen LogP contribution in [0.15, 0.2) is 24.3 Å². The molecule has 1 fully saturated rings. The molecule has 34 heavy (non-hydrogen) atoms. The highest BCUT2D eigenvalue weighted by Crippen LogP contribution is 2.42. The van der Waals surface area contributed by atoms with Crippen molar-refractivity contribution in [2.45, 2.75) is 89.4 Å². The molecular weight excluding hydrogens is 491 g/mol. The average Bonchev–Trinajstić information content (AvgIpc) is 3.02. The van der Waals surface area contributed by atoms with E-state index in [0.717, 1.165) is 12.1 Å². The van der Waals surface area contributed by atoms with Crippen molar-refractivity contribution in [2.24, 2.45) is 0 Å². The summed E-state index contributed by atoms with van der Waals surface area (Å²) in [4.78, 5) is 14.5. The van der Waals surface area contributed by atoms with Crippen molar-refractivity contribution in [1.82, 2.24) is 4.90 Å². The standard InChI is InChI=1S/C22H34F3NO6SSi/c1-20(2,3)30-19(27)26-14-17(32-34(7,8)21(4,5)6)13-18(26)15-9-11-16(12-10-15)31-33(28,29)22(23,24)25/h9-12,17-18H,13-14H2,1-8H3/t17-,18-/m1/s1. The van der Waals surface area contributed by atoms with Crippen molar-refractivity contribution < 1.29 is 39.7 Å². The third-order valence-electron chi connectivity index (χ3n) is 5.91. The van der Waals surface area contributed by atoms with Gasteiger partial charge in [-0.3, -0.25) is 4.90 Å². The number of carbonyl (C=O) groups excluding carboxylic acids is 1. The Kier molecular flexibility index (Phi) is 7.82. The Labute approximate surface area is 200 Å². The Morgan fingerprint density at radius 1 is 1.03 bits per heavy atom. The Hall–Kier alpha value is -1.79. The summed E-state index contributed by atoms with van der Waals surface area (Å²) in [5, 5.41) is -0.0369. The van der Waals surface area contributed by atoms with Crippen LogP contribution in [0.1, 0.15) is 59.6 Å². The van der Waals surface area contributed by atoms with Crippen molar-refractivity contribution in [3.63, 3.8) is 0 Å². The Balaban J connectivity index is 2.30. The van der Waals surface area contributed by atoms with Gasteiger partial charge in [0.15, 0.2) is 8.32 Å². The lowest BCUT2D eigenvalue weighted by Crippen LogP contribution is -2.45. The fourth-order valence-electron chi connectivity index (χ4n) is 3.23. The molecule has 7 nitrogen and oxygen atoms in total. The fourth-order valence-corrected chi connectivity index (χ4v) is 5.05. The van der Waals surface area contributed by atoms with Crippen LogP contribution in [0.25, 0.3) is 0 Å². The molecule has 0 aromatic heterocycles. The molecular formula is C22H34F3NO6SSi. The van der Waals surface area contributed by atoms with Crippen molar-refractivity contribution >= 4 is 24.5 Å². The van der Waals surface area contributed by atoms with E-state index >= 15 is 0 Å². The number of ether oxygens (including phenoxy) is 1. The van der Waals surface area contributed by atoms with Crippen molar-refractivity contribution in [2.75, 3.05) is 6.54 Å². The molecule has 194 valence electrons. The number of rotatable bonds is 5. The van der Waals surface area contributed by atoms with Gasteiger partial charge < -0.3 is 13.3 Å². The summed E-state index contributed by atoms with van der Waals surface area (Å²) < 4.78 is 76.6. The maximum Gasteiger partial charge on any atom is 0.534 e. The lowest BCUT2D eigenvalue weighted by Gasteiger charge is -2.38. The third-order valence-corrected chi connectivity index (χ3v) is 11.4. The molecule has 1 aromatic carbocycles. The molecule has 1 saturated heterocycles. The summed E-state index contributed by atoms with van der Waals surface area (Å²) in [5.41, 5.74) is -5.65. The third kappa shape index (κ3) is 6.88. The second kappa shape index (κ2) is 9.34. The highest BCUT2D eigenvalue weighted by atomic mass is 32.2. The Bertz CT molecular complexity index is 982. The van der Waals surface area contributed by atoms with Crippen molar-refractivity contribution in [1.29, 1.82) is 0 Å². The number of likely N-dealkylation sites (tertiary alicyclic amines) is 1. The lowest BCUT2D eigenvalue weighted by molar-refractivity contribution is -0.0500. The van der Waals surface area contributed by atoms with Gasteiger partial charge in [-0.2, -0.15) is 21.6 Å². The first-order valence-corrected chi connectivity index (χ1v) is 15.2. The van der Waals surface area contributed by atoms with E-state index < -0.39 is 47.4 Å². The zero-order valence-corrected chi connectivity index (χ0v) is 22.6. The van der Waals surface area contributed by atoms with Crippen LogP contribution in [0.2, 0.25) is 18.1 Å². The number of alkyl halides is 3. The Morgan fingerprint density at radius 3 is 2.00 bits per heavy atom. The molecule has 0 bridgehead atoms. The van der Waals surface area contributed by atoms with E-state index in [1.807, 2.05) is 0 Å². The SMILES string of the molecule is CC(C)(C)OC(=O)N1C[C@H](O[Si](C)(C)C(C)(C)C)C[C@@H]1c1ccc(OS(=O)(=O)C(F)(F)F)cc1. The molecule has 1 amide bonds. The lowest BCUT2D eigenvalue weighted by atomic mass is 10.0. The predicted molar refractivity (Wildman–Crippen MR) is 124 cm³/mol. The van der Waals surface area contributed by atoms with Gasteiger partial charge in [0.05, 0.1) is 12.1 Å². The molecule has 1 aromatic rings. The second-order valence-corrected chi connectivity index (χ2v) is 17.2. The van der Waals surface area contributed by atoms with Gasteiger partial charge in [-0.25, -0.2) is 4.79 Å². The topological polar surface area (TPSA) is 82.1 Å². The average molecular weight is 526 g/mol. The number of amides is 1. The molecule has 0 spiro atoms. The van der Waals surface area contributed by atoms with Gasteiger partial charge >= 0.3 is 21.7 Å². The van der Waals surface area contributed by atoms with E-state index in [1.165, 1.54) is 12.1 Å². The van der Waals surface area contributed by atoms with E-state index in [4.69, 9.17) is 9.16 Å². The molecule has 0 aliphatic carbocycles. The predicted octanol–water partition coefficient (Wildman–Crippen LogP) is 5.99. The van der Waals surface area contributed by atoms with Gasteiger partial charge in [-0.1, -0.05) is 32.9 Å². The number of hydrogen-bond donors (Lipinski definition) is 0. The van der Waals surface area contributed by atoms with Crippen molar-refractivity contribution in [3.8, 4) is 5.75 Å². The monoisotopic (exact) mass is 525 g/mol. The summed E-state index contributed by atoms with van der Waals surface area (Å²) in [6.07, 6.45) is -0.314. The van der Waals surface area contributed by atoms with E-state index in [0.29, 0.717) is 18.5 Å². The fraction of sp³-hybridized carbons (Fsp3) is 0.682. The smallest absolute Gasteiger partial charge is 0.444 e. The zero-order valence-electron chi connectivity index (χ0n) is 20.8. The Morgan fingerprint density at radius 2 is 1.56 bits per heavy atom. The van der Waals surface area contributed by atoms with E-state index in [1.54, 1.807) is 25.7 Å². The molecule has 1 heterocycles. The van der Waals surface area contributed by atoms with Gasteiger partial charge in [-0.15, -0.1) is 0 Å². The first-order valence-electron chi connectivity index (χ1n) is 10.9. The first kappa shape index (κ1) is 28.4. The van der Waals surface area contributed by atoms with E-state index in [2.05, 4.69) is 38.0 Å². The maximum atomic E-state index is 12.9. The minimum absolute atomic E-state index is 0.0369. The largest absolute Gasteiger partial charge is 0.534 e. The highest BCUT2D eigenvalue weighted by molar-refractivity contribution is 7.88. The van der Waals surface area contributed by atoms with E-state index in [-0.39, 0.29) is 11.1 Å². The molecule has 0 N–H and O–H groups in total. The number of nitrogens with zero attached hydrogens (tertiary/aromatic N) is 1. The quantitative estimate of drug-likeness (QED) is 0.267. The van der Waals surface area contributed by atoms with Crippen LogP contribution in [0.5, 0.6) is 5.75 Å². The summed E-state index contributed by atoms with van der Waals surface area (Å²) in [6, 6.07) is 4.69. The van der Waals surface area contributed by atoms with Gasteiger partial charge in [0.1, 0.15) is 11.4 Å². The molecule has 0 saturated carbocycles. The van der Waals surface area contributed by atoms with Gasteiger partial charge in [0.25, 0.3) is 0 Å². The number of hydrogen-bond acceptors (Lipinski definition) is 6. The molecule has 0 unspecified atom stereocenters. The molecule has 1 aliphatic heterocycles. The van der Waals surface area contributed by atoms with Crippen LogP contribution in [-0.4, -0.2) is 51.5 Å². The molecule has 2 rings (SSSR count). The van der Waals surface area contributed by atoms with Gasteiger partial charge in [-0.05, 0) is 63.0 Å². The van der Waals surface area contributed by atoms with Crippen LogP contribution in [0.3, 0.4) is 0 Å². The summed E-state index contributed by atoms with van der Waals surface area (Å²) in [5.74, 6) is -0.475. The molecule has 2 atom stereocenters. The van der Waals surface area contributed by atoms with Crippen LogP contribution in [0, 0.1) is 0 Å². The van der Waals surface area contributed by atoms with Gasteiger partial charge in [0, 0.05) is 6.54 Å². The maximum absolute atomic E-state index is 12.9. The normalized spacial score (nSPS) is 20.4.